The van der Waals surface area contributed by atoms with E-state index in [1.165, 1.54) is 0 Å². The number of hydrazone groups is 1. The molecule has 2 heterocycles. The van der Waals surface area contributed by atoms with E-state index in [1.54, 1.807) is 0 Å². The Morgan fingerprint density at radius 3 is 3.29 bits per heavy atom. The molecule has 3 rings (SSSR count). The van der Waals surface area contributed by atoms with Crippen LogP contribution in [0, 0.1) is 0 Å². The van der Waals surface area contributed by atoms with Crippen LogP contribution in [0.1, 0.15) is 6.92 Å². The molecular formula is C10H11N4-. The summed E-state index contributed by atoms with van der Waals surface area (Å²) >= 11 is 0. The van der Waals surface area contributed by atoms with Crippen molar-refractivity contribution in [1.82, 2.24) is 5.43 Å². The molecule has 0 saturated carbocycles. The van der Waals surface area contributed by atoms with Gasteiger partial charge in [-0.3, -0.25) is 5.43 Å². The molecule has 1 unspecified atom stereocenters. The third-order valence-corrected chi connectivity index (χ3v) is 2.61. The van der Waals surface area contributed by atoms with E-state index in [2.05, 4.69) is 26.8 Å². The number of fused-ring (bicyclic) bond motifs is 3. The lowest BCUT2D eigenvalue weighted by molar-refractivity contribution is 0.607. The average molecular weight is 187 g/mol. The molecule has 14 heavy (non-hydrogen) atoms. The van der Waals surface area contributed by atoms with Crippen molar-refractivity contribution in [3.63, 3.8) is 0 Å². The molecule has 0 spiro atoms. The predicted molar refractivity (Wildman–Crippen MR) is 56.8 cm³/mol. The Labute approximate surface area is 82.6 Å². The fourth-order valence-electron chi connectivity index (χ4n) is 1.96. The van der Waals surface area contributed by atoms with Crippen molar-refractivity contribution >= 4 is 17.2 Å². The van der Waals surface area contributed by atoms with Crippen LogP contribution >= 0.6 is 0 Å². The molecule has 1 N–H and O–H groups in total. The second-order valence-electron chi connectivity index (χ2n) is 3.50. The number of amidine groups is 1. The Kier molecular flexibility index (Phi) is 1.45. The van der Waals surface area contributed by atoms with Crippen molar-refractivity contribution in [1.29, 1.82) is 0 Å². The van der Waals surface area contributed by atoms with Gasteiger partial charge >= 0.3 is 0 Å². The van der Waals surface area contributed by atoms with Crippen LogP contribution in [0.25, 0.3) is 5.32 Å². The molecule has 1 aromatic rings. The van der Waals surface area contributed by atoms with Crippen molar-refractivity contribution in [3.05, 3.63) is 29.6 Å². The standard InChI is InChI=1S/C10H11N4/c1-7-12-13-10-6-11-8-4-2-3-5-9(8)14(7)10/h2-5,10,13H,6H2,1H3/q-1. The molecule has 2 aliphatic rings. The second kappa shape index (κ2) is 2.64. The number of nitrogens with zero attached hydrogens (tertiary/aromatic N) is 3. The van der Waals surface area contributed by atoms with Crippen LogP contribution in [-0.4, -0.2) is 18.5 Å². The third kappa shape index (κ3) is 0.907. The highest BCUT2D eigenvalue weighted by Crippen LogP contribution is 2.38. The normalized spacial score (nSPS) is 23.1. The van der Waals surface area contributed by atoms with Gasteiger partial charge < -0.3 is 10.2 Å². The third-order valence-electron chi connectivity index (χ3n) is 2.61. The van der Waals surface area contributed by atoms with Gasteiger partial charge in [0, 0.05) is 5.69 Å². The molecule has 0 fully saturated rings. The van der Waals surface area contributed by atoms with Gasteiger partial charge in [0.25, 0.3) is 0 Å². The van der Waals surface area contributed by atoms with Gasteiger partial charge in [-0.15, -0.1) is 5.69 Å². The second-order valence-corrected chi connectivity index (χ2v) is 3.50. The van der Waals surface area contributed by atoms with Crippen LogP contribution in [0.15, 0.2) is 29.4 Å². The van der Waals surface area contributed by atoms with Gasteiger partial charge in [-0.1, -0.05) is 24.7 Å². The molecular weight excluding hydrogens is 176 g/mol. The number of benzene rings is 1. The molecule has 72 valence electrons. The molecule has 0 amide bonds. The zero-order valence-electron chi connectivity index (χ0n) is 7.94. The van der Waals surface area contributed by atoms with Gasteiger partial charge in [0.05, 0.1) is 0 Å². The van der Waals surface area contributed by atoms with E-state index in [4.69, 9.17) is 0 Å². The molecule has 1 atom stereocenters. The summed E-state index contributed by atoms with van der Waals surface area (Å²) in [5, 5.41) is 8.70. The van der Waals surface area contributed by atoms with Gasteiger partial charge in [-0.05, 0) is 13.0 Å². The molecule has 0 bridgehead atoms. The molecule has 0 radical (unpaired) electrons. The van der Waals surface area contributed by atoms with Gasteiger partial charge in [0.2, 0.25) is 0 Å². The predicted octanol–water partition coefficient (Wildman–Crippen LogP) is 1.77. The number of rotatable bonds is 0. The minimum Gasteiger partial charge on any atom is -0.680 e. The summed E-state index contributed by atoms with van der Waals surface area (Å²) in [7, 11) is 0. The zero-order chi connectivity index (χ0) is 9.54. The van der Waals surface area contributed by atoms with Crippen LogP contribution < -0.4 is 10.3 Å². The van der Waals surface area contributed by atoms with E-state index >= 15 is 0 Å². The van der Waals surface area contributed by atoms with E-state index in [1.807, 2.05) is 25.1 Å². The van der Waals surface area contributed by atoms with E-state index in [0.717, 1.165) is 23.8 Å². The lowest BCUT2D eigenvalue weighted by Gasteiger charge is -2.41. The first-order valence-corrected chi connectivity index (χ1v) is 4.72. The first-order valence-electron chi connectivity index (χ1n) is 4.72. The largest absolute Gasteiger partial charge is 0.680 e. The lowest BCUT2D eigenvalue weighted by atomic mass is 10.2. The molecule has 0 aromatic heterocycles. The number of hydrogen-bond donors (Lipinski definition) is 1. The monoisotopic (exact) mass is 187 g/mol. The highest BCUT2D eigenvalue weighted by molar-refractivity contribution is 6.02. The smallest absolute Gasteiger partial charge is 0.127 e. The Hall–Kier alpha value is -1.71. The molecule has 4 nitrogen and oxygen atoms in total. The topological polar surface area (TPSA) is 41.7 Å². The van der Waals surface area contributed by atoms with Crippen molar-refractivity contribution in [2.24, 2.45) is 5.10 Å². The van der Waals surface area contributed by atoms with E-state index in [9.17, 15) is 0 Å². The van der Waals surface area contributed by atoms with Gasteiger partial charge in [-0.25, -0.2) is 0 Å². The maximum absolute atomic E-state index is 4.49. The van der Waals surface area contributed by atoms with Crippen molar-refractivity contribution in [2.45, 2.75) is 13.1 Å². The highest BCUT2D eigenvalue weighted by atomic mass is 15.5. The van der Waals surface area contributed by atoms with Crippen LogP contribution in [0.5, 0.6) is 0 Å². The number of hydrogen-bond acceptors (Lipinski definition) is 3. The van der Waals surface area contributed by atoms with E-state index < -0.39 is 0 Å². The van der Waals surface area contributed by atoms with Crippen molar-refractivity contribution in [2.75, 3.05) is 11.4 Å². The van der Waals surface area contributed by atoms with E-state index in [0.29, 0.717) is 0 Å². The number of para-hydroxylation sites is 2. The molecule has 1 aromatic carbocycles. The van der Waals surface area contributed by atoms with Crippen LogP contribution in [-0.2, 0) is 0 Å². The highest BCUT2D eigenvalue weighted by Gasteiger charge is 2.26. The van der Waals surface area contributed by atoms with Crippen molar-refractivity contribution < 1.29 is 0 Å². The summed E-state index contributed by atoms with van der Waals surface area (Å²) in [4.78, 5) is 2.20. The molecule has 0 aliphatic carbocycles. The Morgan fingerprint density at radius 2 is 2.36 bits per heavy atom. The minimum atomic E-state index is 0.213. The summed E-state index contributed by atoms with van der Waals surface area (Å²) in [6.45, 7) is 2.77. The summed E-state index contributed by atoms with van der Waals surface area (Å²) in [5.74, 6) is 1.01. The SMILES string of the molecule is CC1=NNC2C[N-]c3ccccc3N12. The van der Waals surface area contributed by atoms with E-state index in [-0.39, 0.29) is 6.17 Å². The number of nitrogens with one attached hydrogen (secondary N) is 1. The average Bonchev–Trinajstić information content (AvgIpc) is 2.61. The molecule has 0 saturated heterocycles. The van der Waals surface area contributed by atoms with Gasteiger partial charge in [-0.2, -0.15) is 5.10 Å². The molecule has 2 aliphatic heterocycles. The van der Waals surface area contributed by atoms with Crippen LogP contribution in [0.3, 0.4) is 0 Å². The van der Waals surface area contributed by atoms with Gasteiger partial charge in [0.15, 0.2) is 0 Å². The maximum atomic E-state index is 4.49. The maximum Gasteiger partial charge on any atom is 0.127 e. The van der Waals surface area contributed by atoms with Crippen LogP contribution in [0.4, 0.5) is 11.4 Å². The lowest BCUT2D eigenvalue weighted by Crippen LogP contribution is -2.43. The Balaban J connectivity index is 2.11. The minimum absolute atomic E-state index is 0.213. The first-order chi connectivity index (χ1) is 6.86. The van der Waals surface area contributed by atoms with Gasteiger partial charge in [0.1, 0.15) is 12.0 Å². The Morgan fingerprint density at radius 1 is 1.50 bits per heavy atom. The summed E-state index contributed by atoms with van der Waals surface area (Å²) in [5.41, 5.74) is 5.27. The summed E-state index contributed by atoms with van der Waals surface area (Å²) in [6, 6.07) is 8.16. The number of anilines is 1. The van der Waals surface area contributed by atoms with Crippen LogP contribution in [0.2, 0.25) is 0 Å². The molecule has 4 heteroatoms. The summed E-state index contributed by atoms with van der Waals surface area (Å²) < 4.78 is 0. The fourth-order valence-corrected chi connectivity index (χ4v) is 1.96. The van der Waals surface area contributed by atoms with Crippen molar-refractivity contribution in [3.8, 4) is 0 Å². The quantitative estimate of drug-likeness (QED) is 0.672. The first kappa shape index (κ1) is 7.67. The Bertz CT molecular complexity index is 399. The summed E-state index contributed by atoms with van der Waals surface area (Å²) in [6.07, 6.45) is 0.213. The fraction of sp³-hybridized carbons (Fsp3) is 0.300. The zero-order valence-corrected chi connectivity index (χ0v) is 7.94.